The quantitative estimate of drug-likeness (QED) is 0.319. The fraction of sp³-hybridized carbons (Fsp3) is 0.667. The van der Waals surface area contributed by atoms with Crippen molar-refractivity contribution in [2.75, 3.05) is 26.8 Å². The Kier molecular flexibility index (Phi) is 8.89. The van der Waals surface area contributed by atoms with Gasteiger partial charge < -0.3 is 34.9 Å². The van der Waals surface area contributed by atoms with Crippen LogP contribution in [0.2, 0.25) is 0 Å². The zero-order valence-corrected chi connectivity index (χ0v) is 17.1. The van der Waals surface area contributed by atoms with Crippen molar-refractivity contribution in [1.29, 1.82) is 0 Å². The smallest absolute Gasteiger partial charge is 0.410 e. The molecular weight excluding hydrogens is 386 g/mol. The minimum Gasteiger partial charge on any atom is -0.464 e. The summed E-state index contributed by atoms with van der Waals surface area (Å²) < 4.78 is 14.9. The molecule has 0 spiro atoms. The molecule has 0 aromatic heterocycles. The summed E-state index contributed by atoms with van der Waals surface area (Å²) in [6, 6.07) is -1.34. The Hall–Kier alpha value is -2.82. The molecule has 0 radical (unpaired) electrons. The Morgan fingerprint density at radius 2 is 1.79 bits per heavy atom. The van der Waals surface area contributed by atoms with E-state index >= 15 is 0 Å². The Balaban J connectivity index is 2.46. The third-order valence-electron chi connectivity index (χ3n) is 3.86. The van der Waals surface area contributed by atoms with E-state index in [1.165, 1.54) is 4.90 Å². The predicted octanol–water partition coefficient (Wildman–Crippen LogP) is 0.276. The number of esters is 1. The molecule has 0 saturated carbocycles. The molecule has 3 N–H and O–H groups in total. The number of amides is 3. The van der Waals surface area contributed by atoms with Gasteiger partial charge in [-0.2, -0.15) is 0 Å². The van der Waals surface area contributed by atoms with Crippen LogP contribution in [0.4, 0.5) is 9.59 Å². The van der Waals surface area contributed by atoms with Crippen LogP contribution in [0.15, 0.2) is 12.3 Å². The molecule has 11 nitrogen and oxygen atoms in total. The molecule has 1 atom stereocenters. The van der Waals surface area contributed by atoms with Crippen molar-refractivity contribution in [2.24, 2.45) is 0 Å². The molecule has 0 aromatic rings. The molecule has 11 heteroatoms. The highest BCUT2D eigenvalue weighted by Crippen LogP contribution is 2.17. The molecule has 3 amide bonds. The maximum absolute atomic E-state index is 12.0. The number of ether oxygens (including phenoxy) is 3. The fourth-order valence-corrected chi connectivity index (χ4v) is 2.41. The van der Waals surface area contributed by atoms with E-state index in [9.17, 15) is 24.3 Å². The Morgan fingerprint density at radius 3 is 2.28 bits per heavy atom. The number of carbonyl (C=O) groups is 4. The average Bonchev–Trinajstić information content (AvgIpc) is 2.64. The standard InChI is InChI=1S/C18H29N3O8/c1-11(15(24)27-5)19-14(23)13(10-22)20-16(25)28-12-6-8-21(9-7-12)17(26)29-18(2,3)4/h12-13,22H,1,6-10H2,2-5H3,(H,19,23)(H,20,25)/t13-/m0/s1. The van der Waals surface area contributed by atoms with E-state index in [1.807, 2.05) is 0 Å². The number of likely N-dealkylation sites (tertiary alicyclic amines) is 1. The van der Waals surface area contributed by atoms with Crippen LogP contribution in [-0.4, -0.2) is 78.6 Å². The number of hydrogen-bond donors (Lipinski definition) is 3. The van der Waals surface area contributed by atoms with Gasteiger partial charge in [0.05, 0.1) is 13.7 Å². The summed E-state index contributed by atoms with van der Waals surface area (Å²) in [5.74, 6) is -1.70. The lowest BCUT2D eigenvalue weighted by Gasteiger charge is -2.33. The molecule has 1 heterocycles. The number of carbonyl (C=O) groups excluding carboxylic acids is 4. The summed E-state index contributed by atoms with van der Waals surface area (Å²) in [6.07, 6.45) is -0.980. The summed E-state index contributed by atoms with van der Waals surface area (Å²) in [5, 5.41) is 13.7. The van der Waals surface area contributed by atoms with Gasteiger partial charge in [-0.05, 0) is 20.8 Å². The minimum atomic E-state index is -1.34. The van der Waals surface area contributed by atoms with Crippen molar-refractivity contribution in [3.8, 4) is 0 Å². The molecule has 1 aliphatic rings. The van der Waals surface area contributed by atoms with Crippen molar-refractivity contribution in [1.82, 2.24) is 15.5 Å². The molecule has 1 rings (SSSR count). The third-order valence-corrected chi connectivity index (χ3v) is 3.86. The van der Waals surface area contributed by atoms with E-state index in [0.717, 1.165) is 7.11 Å². The van der Waals surface area contributed by atoms with Gasteiger partial charge in [0.25, 0.3) is 0 Å². The van der Waals surface area contributed by atoms with Crippen LogP contribution in [0.3, 0.4) is 0 Å². The highest BCUT2D eigenvalue weighted by atomic mass is 16.6. The molecule has 0 unspecified atom stereocenters. The van der Waals surface area contributed by atoms with E-state index in [0.29, 0.717) is 25.9 Å². The minimum absolute atomic E-state index is 0.333. The number of rotatable bonds is 6. The molecule has 0 bridgehead atoms. The van der Waals surface area contributed by atoms with Crippen LogP contribution in [0.25, 0.3) is 0 Å². The predicted molar refractivity (Wildman–Crippen MR) is 101 cm³/mol. The first-order valence-electron chi connectivity index (χ1n) is 9.10. The first-order chi connectivity index (χ1) is 13.5. The van der Waals surface area contributed by atoms with E-state index in [4.69, 9.17) is 9.47 Å². The number of methoxy groups -OCH3 is 1. The number of piperidine rings is 1. The Labute approximate surface area is 169 Å². The first-order valence-corrected chi connectivity index (χ1v) is 9.10. The van der Waals surface area contributed by atoms with Crippen LogP contribution in [-0.2, 0) is 23.8 Å². The van der Waals surface area contributed by atoms with Gasteiger partial charge in [-0.15, -0.1) is 0 Å². The van der Waals surface area contributed by atoms with Gasteiger partial charge in [0.15, 0.2) is 0 Å². The second kappa shape index (κ2) is 10.6. The normalized spacial score (nSPS) is 15.7. The van der Waals surface area contributed by atoms with Crippen LogP contribution < -0.4 is 10.6 Å². The van der Waals surface area contributed by atoms with Gasteiger partial charge in [-0.1, -0.05) is 6.58 Å². The third kappa shape index (κ3) is 8.38. The zero-order chi connectivity index (χ0) is 22.2. The van der Waals surface area contributed by atoms with Crippen LogP contribution in [0.5, 0.6) is 0 Å². The van der Waals surface area contributed by atoms with E-state index in [1.54, 1.807) is 20.8 Å². The fourth-order valence-electron chi connectivity index (χ4n) is 2.41. The second-order valence-corrected chi connectivity index (χ2v) is 7.41. The topological polar surface area (TPSA) is 144 Å². The van der Waals surface area contributed by atoms with E-state index < -0.39 is 48.4 Å². The van der Waals surface area contributed by atoms with Gasteiger partial charge in [0.2, 0.25) is 5.91 Å². The van der Waals surface area contributed by atoms with Crippen molar-refractivity contribution in [3.05, 3.63) is 12.3 Å². The summed E-state index contributed by atoms with van der Waals surface area (Å²) in [4.78, 5) is 48.8. The van der Waals surface area contributed by atoms with Gasteiger partial charge >= 0.3 is 18.2 Å². The molecule has 1 fully saturated rings. The molecule has 1 aliphatic heterocycles. The molecule has 1 saturated heterocycles. The molecule has 29 heavy (non-hydrogen) atoms. The number of alkyl carbamates (subject to hydrolysis) is 1. The Bertz CT molecular complexity index is 636. The summed E-state index contributed by atoms with van der Waals surface area (Å²) in [7, 11) is 1.12. The largest absolute Gasteiger partial charge is 0.464 e. The van der Waals surface area contributed by atoms with Gasteiger partial charge in [0.1, 0.15) is 23.4 Å². The monoisotopic (exact) mass is 415 g/mol. The molecule has 0 aromatic carbocycles. The van der Waals surface area contributed by atoms with Crippen molar-refractivity contribution in [2.45, 2.75) is 51.4 Å². The first kappa shape index (κ1) is 24.2. The lowest BCUT2D eigenvalue weighted by molar-refractivity contribution is -0.138. The van der Waals surface area contributed by atoms with E-state index in [-0.39, 0.29) is 5.70 Å². The lowest BCUT2D eigenvalue weighted by Crippen LogP contribution is -2.50. The van der Waals surface area contributed by atoms with Crippen LogP contribution in [0, 0.1) is 0 Å². The molecular formula is C18H29N3O8. The van der Waals surface area contributed by atoms with Crippen molar-refractivity contribution < 1.29 is 38.5 Å². The van der Waals surface area contributed by atoms with Crippen molar-refractivity contribution in [3.63, 3.8) is 0 Å². The maximum Gasteiger partial charge on any atom is 0.410 e. The molecule has 164 valence electrons. The van der Waals surface area contributed by atoms with Crippen molar-refractivity contribution >= 4 is 24.1 Å². The maximum atomic E-state index is 12.0. The van der Waals surface area contributed by atoms with Gasteiger partial charge in [-0.3, -0.25) is 4.79 Å². The molecule has 0 aliphatic carbocycles. The highest BCUT2D eigenvalue weighted by Gasteiger charge is 2.29. The highest BCUT2D eigenvalue weighted by molar-refractivity contribution is 5.95. The van der Waals surface area contributed by atoms with Crippen LogP contribution >= 0.6 is 0 Å². The number of nitrogens with zero attached hydrogens (tertiary/aromatic N) is 1. The summed E-state index contributed by atoms with van der Waals surface area (Å²) >= 11 is 0. The Morgan fingerprint density at radius 1 is 1.21 bits per heavy atom. The second-order valence-electron chi connectivity index (χ2n) is 7.41. The average molecular weight is 415 g/mol. The van der Waals surface area contributed by atoms with Gasteiger partial charge in [0, 0.05) is 25.9 Å². The van der Waals surface area contributed by atoms with E-state index in [2.05, 4.69) is 21.9 Å². The number of hydrogen-bond acceptors (Lipinski definition) is 8. The van der Waals surface area contributed by atoms with Crippen LogP contribution in [0.1, 0.15) is 33.6 Å². The SMILES string of the molecule is C=C(NC(=O)[C@H](CO)NC(=O)OC1CCN(C(=O)OC(C)(C)C)CC1)C(=O)OC. The number of nitrogens with one attached hydrogen (secondary N) is 2. The van der Waals surface area contributed by atoms with Gasteiger partial charge in [-0.25, -0.2) is 14.4 Å². The number of aliphatic hydroxyl groups excluding tert-OH is 1. The summed E-state index contributed by atoms with van der Waals surface area (Å²) in [6.45, 7) is 8.65. The number of aliphatic hydroxyl groups is 1. The summed E-state index contributed by atoms with van der Waals surface area (Å²) in [5.41, 5.74) is -0.927. The zero-order valence-electron chi connectivity index (χ0n) is 17.1. The lowest BCUT2D eigenvalue weighted by atomic mass is 10.1.